The minimum absolute atomic E-state index is 0.214. The lowest BCUT2D eigenvalue weighted by molar-refractivity contribution is -0.148. The molecule has 1 aromatic rings. The van der Waals surface area contributed by atoms with Crippen LogP contribution < -0.4 is 0 Å². The van der Waals surface area contributed by atoms with Crippen LogP contribution in [0.15, 0.2) is 11.7 Å². The molecule has 0 aromatic carbocycles. The Morgan fingerprint density at radius 1 is 1.65 bits per heavy atom. The van der Waals surface area contributed by atoms with Gasteiger partial charge in [0.25, 0.3) is 5.91 Å². The third-order valence-electron chi connectivity index (χ3n) is 3.36. The minimum atomic E-state index is -1.03. The monoisotopic (exact) mass is 254 g/mol. The highest BCUT2D eigenvalue weighted by molar-refractivity contribution is 7.11. The van der Waals surface area contributed by atoms with E-state index in [2.05, 4.69) is 4.98 Å². The Hall–Kier alpha value is -1.43. The summed E-state index contributed by atoms with van der Waals surface area (Å²) >= 11 is 1.25. The second kappa shape index (κ2) is 4.44. The molecule has 0 aliphatic carbocycles. The molecule has 17 heavy (non-hydrogen) atoms. The lowest BCUT2D eigenvalue weighted by Crippen LogP contribution is -2.52. The van der Waals surface area contributed by atoms with Gasteiger partial charge in [-0.1, -0.05) is 6.92 Å². The van der Waals surface area contributed by atoms with Gasteiger partial charge in [-0.3, -0.25) is 9.78 Å². The van der Waals surface area contributed by atoms with Gasteiger partial charge in [-0.05, 0) is 19.3 Å². The highest BCUT2D eigenvalue weighted by Gasteiger charge is 2.48. The van der Waals surface area contributed by atoms with Crippen LogP contribution in [0.2, 0.25) is 0 Å². The molecule has 1 fully saturated rings. The number of carboxylic acids is 1. The predicted octanol–water partition coefficient (Wildman–Crippen LogP) is 1.61. The molecule has 2 heterocycles. The van der Waals surface area contributed by atoms with Crippen LogP contribution in [-0.2, 0) is 4.79 Å². The molecule has 1 saturated heterocycles. The van der Waals surface area contributed by atoms with Crippen molar-refractivity contribution in [2.75, 3.05) is 6.54 Å². The van der Waals surface area contributed by atoms with E-state index in [1.54, 1.807) is 5.51 Å². The van der Waals surface area contributed by atoms with Gasteiger partial charge in [-0.15, -0.1) is 11.3 Å². The largest absolute Gasteiger partial charge is 0.479 e. The third kappa shape index (κ3) is 1.82. The van der Waals surface area contributed by atoms with Crippen molar-refractivity contribution < 1.29 is 14.7 Å². The summed E-state index contributed by atoms with van der Waals surface area (Å²) in [6.07, 6.45) is 3.20. The Morgan fingerprint density at radius 3 is 2.94 bits per heavy atom. The molecule has 2 rings (SSSR count). The molecule has 1 atom stereocenters. The fourth-order valence-electron chi connectivity index (χ4n) is 2.37. The summed E-state index contributed by atoms with van der Waals surface area (Å²) in [5.41, 5.74) is 0.554. The molecule has 0 bridgehead atoms. The van der Waals surface area contributed by atoms with Gasteiger partial charge in [0.05, 0.1) is 11.7 Å². The number of rotatable bonds is 3. The number of carboxylic acid groups (broad SMARTS) is 1. The van der Waals surface area contributed by atoms with Crippen LogP contribution in [0.1, 0.15) is 35.9 Å². The second-order valence-corrected chi connectivity index (χ2v) is 5.00. The van der Waals surface area contributed by atoms with Gasteiger partial charge in [-0.25, -0.2) is 4.79 Å². The van der Waals surface area contributed by atoms with Gasteiger partial charge in [0, 0.05) is 6.54 Å². The van der Waals surface area contributed by atoms with E-state index in [9.17, 15) is 14.7 Å². The van der Waals surface area contributed by atoms with Gasteiger partial charge in [0.15, 0.2) is 0 Å². The lowest BCUT2D eigenvalue weighted by Gasteiger charge is -2.33. The summed E-state index contributed by atoms with van der Waals surface area (Å²) in [5, 5.41) is 9.37. The zero-order valence-corrected chi connectivity index (χ0v) is 10.4. The van der Waals surface area contributed by atoms with Crippen molar-refractivity contribution in [1.29, 1.82) is 0 Å². The van der Waals surface area contributed by atoms with E-state index in [0.29, 0.717) is 24.3 Å². The summed E-state index contributed by atoms with van der Waals surface area (Å²) in [7, 11) is 0. The molecule has 1 aliphatic rings. The van der Waals surface area contributed by atoms with E-state index in [4.69, 9.17) is 0 Å². The maximum Gasteiger partial charge on any atom is 0.329 e. The van der Waals surface area contributed by atoms with Crippen molar-refractivity contribution in [2.24, 2.45) is 0 Å². The molecular weight excluding hydrogens is 240 g/mol. The second-order valence-electron chi connectivity index (χ2n) is 4.12. The van der Waals surface area contributed by atoms with Crippen molar-refractivity contribution in [1.82, 2.24) is 9.88 Å². The predicted molar refractivity (Wildman–Crippen MR) is 63.0 cm³/mol. The van der Waals surface area contributed by atoms with Gasteiger partial charge in [-0.2, -0.15) is 0 Å². The molecule has 1 unspecified atom stereocenters. The smallest absolute Gasteiger partial charge is 0.329 e. The zero-order chi connectivity index (χ0) is 12.5. The topological polar surface area (TPSA) is 70.5 Å². The average molecular weight is 254 g/mol. The summed E-state index contributed by atoms with van der Waals surface area (Å²) in [4.78, 5) is 29.5. The van der Waals surface area contributed by atoms with E-state index in [1.807, 2.05) is 6.92 Å². The highest BCUT2D eigenvalue weighted by atomic mass is 32.1. The van der Waals surface area contributed by atoms with Crippen molar-refractivity contribution in [3.05, 3.63) is 16.6 Å². The first-order chi connectivity index (χ1) is 8.12. The quantitative estimate of drug-likeness (QED) is 0.889. The number of hydrogen-bond acceptors (Lipinski definition) is 4. The normalized spacial score (nSPS) is 23.9. The molecule has 6 heteroatoms. The minimum Gasteiger partial charge on any atom is -0.479 e. The molecule has 1 aliphatic heterocycles. The van der Waals surface area contributed by atoms with Crippen LogP contribution in [0, 0.1) is 0 Å². The molecule has 0 spiro atoms. The zero-order valence-electron chi connectivity index (χ0n) is 9.55. The molecule has 1 amide bonds. The number of carbonyl (C=O) groups excluding carboxylic acids is 1. The van der Waals surface area contributed by atoms with E-state index in [1.165, 1.54) is 22.4 Å². The molecule has 1 aromatic heterocycles. The van der Waals surface area contributed by atoms with Crippen LogP contribution in [0.3, 0.4) is 0 Å². The SMILES string of the molecule is CCC1(C(=O)O)CCCN1C(=O)c1cncs1. The maximum atomic E-state index is 12.2. The van der Waals surface area contributed by atoms with Crippen LogP contribution in [-0.4, -0.2) is 39.0 Å². The number of amides is 1. The molecule has 92 valence electrons. The van der Waals surface area contributed by atoms with Crippen molar-refractivity contribution >= 4 is 23.2 Å². The van der Waals surface area contributed by atoms with E-state index >= 15 is 0 Å². The molecule has 0 radical (unpaired) electrons. The number of aliphatic carboxylic acids is 1. The van der Waals surface area contributed by atoms with Gasteiger partial charge >= 0.3 is 5.97 Å². The molecule has 5 nitrogen and oxygen atoms in total. The van der Waals surface area contributed by atoms with Crippen LogP contribution in [0.5, 0.6) is 0 Å². The number of hydrogen-bond donors (Lipinski definition) is 1. The van der Waals surface area contributed by atoms with Gasteiger partial charge in [0.1, 0.15) is 10.4 Å². The van der Waals surface area contributed by atoms with Crippen LogP contribution in [0.4, 0.5) is 0 Å². The van der Waals surface area contributed by atoms with E-state index in [0.717, 1.165) is 6.42 Å². The van der Waals surface area contributed by atoms with Gasteiger partial charge < -0.3 is 10.0 Å². The van der Waals surface area contributed by atoms with E-state index in [-0.39, 0.29) is 5.91 Å². The Balaban J connectivity index is 2.31. The summed E-state index contributed by atoms with van der Waals surface area (Å²) in [5.74, 6) is -1.12. The number of thiazole rings is 1. The van der Waals surface area contributed by atoms with Crippen molar-refractivity contribution in [2.45, 2.75) is 31.7 Å². The highest BCUT2D eigenvalue weighted by Crippen LogP contribution is 2.34. The van der Waals surface area contributed by atoms with Crippen molar-refractivity contribution in [3.63, 3.8) is 0 Å². The summed E-state index contributed by atoms with van der Waals surface area (Å²) in [6, 6.07) is 0. The Morgan fingerprint density at radius 2 is 2.41 bits per heavy atom. The fourth-order valence-corrected chi connectivity index (χ4v) is 2.94. The molecule has 1 N–H and O–H groups in total. The van der Waals surface area contributed by atoms with Crippen molar-refractivity contribution in [3.8, 4) is 0 Å². The average Bonchev–Trinajstić information content (AvgIpc) is 2.97. The molecular formula is C11H14N2O3S. The number of carbonyl (C=O) groups is 2. The summed E-state index contributed by atoms with van der Waals surface area (Å²) in [6.45, 7) is 2.32. The number of nitrogens with zero attached hydrogens (tertiary/aromatic N) is 2. The number of aromatic nitrogens is 1. The van der Waals surface area contributed by atoms with Crippen LogP contribution >= 0.6 is 11.3 Å². The fraction of sp³-hybridized carbons (Fsp3) is 0.545. The molecule has 0 saturated carbocycles. The van der Waals surface area contributed by atoms with E-state index < -0.39 is 11.5 Å². The number of likely N-dealkylation sites (tertiary alicyclic amines) is 1. The Bertz CT molecular complexity index is 432. The Kier molecular flexibility index (Phi) is 3.15. The Labute approximate surface area is 103 Å². The summed E-state index contributed by atoms with van der Waals surface area (Å²) < 4.78 is 0. The lowest BCUT2D eigenvalue weighted by atomic mass is 9.93. The first-order valence-corrected chi connectivity index (χ1v) is 6.43. The van der Waals surface area contributed by atoms with Crippen LogP contribution in [0.25, 0.3) is 0 Å². The maximum absolute atomic E-state index is 12.2. The standard InChI is InChI=1S/C11H14N2O3S/c1-2-11(10(15)16)4-3-5-13(11)9(14)8-6-12-7-17-8/h6-7H,2-5H2,1H3,(H,15,16). The third-order valence-corrected chi connectivity index (χ3v) is 4.12. The van der Waals surface area contributed by atoms with Gasteiger partial charge in [0.2, 0.25) is 0 Å². The first kappa shape index (κ1) is 12.0. The first-order valence-electron chi connectivity index (χ1n) is 5.55.